The van der Waals surface area contributed by atoms with Crippen molar-refractivity contribution in [3.63, 3.8) is 0 Å². The van der Waals surface area contributed by atoms with E-state index in [1.807, 2.05) is 6.07 Å². The molecule has 0 bridgehead atoms. The largest absolute Gasteiger partial charge is 0.472 e. The number of anilines is 1. The van der Waals surface area contributed by atoms with Crippen molar-refractivity contribution in [2.75, 3.05) is 5.32 Å². The molecule has 0 unspecified atom stereocenters. The van der Waals surface area contributed by atoms with Crippen molar-refractivity contribution in [3.05, 3.63) is 29.7 Å². The molecule has 2 rings (SSSR count). The zero-order valence-electron chi connectivity index (χ0n) is 6.23. The van der Waals surface area contributed by atoms with E-state index in [2.05, 4.69) is 15.5 Å². The Kier molecular flexibility index (Phi) is 2.04. The van der Waals surface area contributed by atoms with Crippen LogP contribution in [0.15, 0.2) is 28.5 Å². The molecule has 5 heteroatoms. The van der Waals surface area contributed by atoms with Gasteiger partial charge in [0.1, 0.15) is 5.51 Å². The average molecular weight is 181 g/mol. The smallest absolute Gasteiger partial charge is 0.205 e. The number of aromatic nitrogens is 2. The molecule has 0 amide bonds. The van der Waals surface area contributed by atoms with Gasteiger partial charge in [0.25, 0.3) is 0 Å². The minimum absolute atomic E-state index is 0.728. The van der Waals surface area contributed by atoms with Crippen LogP contribution in [0.2, 0.25) is 0 Å². The molecule has 0 spiro atoms. The van der Waals surface area contributed by atoms with E-state index in [0.29, 0.717) is 0 Å². The lowest BCUT2D eigenvalue weighted by molar-refractivity contribution is 0.564. The van der Waals surface area contributed by atoms with Gasteiger partial charge in [-0.2, -0.15) is 0 Å². The van der Waals surface area contributed by atoms with Crippen molar-refractivity contribution in [1.82, 2.24) is 10.2 Å². The lowest BCUT2D eigenvalue weighted by Gasteiger charge is -1.96. The third kappa shape index (κ3) is 1.62. The Morgan fingerprint density at radius 1 is 1.58 bits per heavy atom. The van der Waals surface area contributed by atoms with Gasteiger partial charge in [0.15, 0.2) is 0 Å². The van der Waals surface area contributed by atoms with E-state index in [1.54, 1.807) is 18.0 Å². The fourth-order valence-corrected chi connectivity index (χ4v) is 1.26. The maximum Gasteiger partial charge on any atom is 0.205 e. The summed E-state index contributed by atoms with van der Waals surface area (Å²) >= 11 is 1.48. The van der Waals surface area contributed by atoms with Gasteiger partial charge in [0, 0.05) is 12.1 Å². The Balaban J connectivity index is 1.91. The van der Waals surface area contributed by atoms with Gasteiger partial charge >= 0.3 is 0 Å². The molecular formula is C7H7N3OS. The Morgan fingerprint density at radius 3 is 3.25 bits per heavy atom. The molecule has 0 fully saturated rings. The molecule has 2 aromatic heterocycles. The van der Waals surface area contributed by atoms with Gasteiger partial charge in [-0.25, -0.2) is 0 Å². The third-order valence-corrected chi connectivity index (χ3v) is 2.03. The summed E-state index contributed by atoms with van der Waals surface area (Å²) in [5.74, 6) is 0. The Labute approximate surface area is 73.2 Å². The average Bonchev–Trinajstić information content (AvgIpc) is 2.74. The van der Waals surface area contributed by atoms with Crippen LogP contribution in [0.4, 0.5) is 5.13 Å². The van der Waals surface area contributed by atoms with Gasteiger partial charge in [-0.15, -0.1) is 10.2 Å². The van der Waals surface area contributed by atoms with E-state index in [-0.39, 0.29) is 0 Å². The van der Waals surface area contributed by atoms with Crippen LogP contribution in [0.25, 0.3) is 0 Å². The van der Waals surface area contributed by atoms with E-state index >= 15 is 0 Å². The molecule has 0 aliphatic heterocycles. The summed E-state index contributed by atoms with van der Waals surface area (Å²) in [6.07, 6.45) is 3.35. The van der Waals surface area contributed by atoms with Crippen LogP contribution >= 0.6 is 11.3 Å². The Hall–Kier alpha value is -1.36. The third-order valence-electron chi connectivity index (χ3n) is 1.38. The number of rotatable bonds is 3. The van der Waals surface area contributed by atoms with Gasteiger partial charge in [0.2, 0.25) is 5.13 Å². The van der Waals surface area contributed by atoms with Crippen LogP contribution in [-0.4, -0.2) is 10.2 Å². The fourth-order valence-electron chi connectivity index (χ4n) is 0.821. The predicted octanol–water partition coefficient (Wildman–Crippen LogP) is 1.74. The molecule has 0 aliphatic carbocycles. The zero-order chi connectivity index (χ0) is 8.23. The van der Waals surface area contributed by atoms with E-state index in [4.69, 9.17) is 4.42 Å². The molecule has 2 aromatic rings. The highest BCUT2D eigenvalue weighted by Crippen LogP contribution is 2.10. The van der Waals surface area contributed by atoms with E-state index in [9.17, 15) is 0 Å². The normalized spacial score (nSPS) is 10.0. The first kappa shape index (κ1) is 7.30. The van der Waals surface area contributed by atoms with Crippen molar-refractivity contribution in [3.8, 4) is 0 Å². The first-order valence-corrected chi connectivity index (χ1v) is 4.34. The zero-order valence-corrected chi connectivity index (χ0v) is 7.04. The Bertz CT molecular complexity index is 282. The van der Waals surface area contributed by atoms with E-state index < -0.39 is 0 Å². The summed E-state index contributed by atoms with van der Waals surface area (Å²) in [7, 11) is 0. The van der Waals surface area contributed by atoms with E-state index in [1.165, 1.54) is 11.3 Å². The molecule has 62 valence electrons. The molecule has 0 aliphatic rings. The van der Waals surface area contributed by atoms with Crippen LogP contribution < -0.4 is 5.32 Å². The van der Waals surface area contributed by atoms with Crippen molar-refractivity contribution in [2.45, 2.75) is 6.54 Å². The lowest BCUT2D eigenvalue weighted by Crippen LogP contribution is -1.96. The summed E-state index contributed by atoms with van der Waals surface area (Å²) in [6.45, 7) is 0.728. The predicted molar refractivity (Wildman–Crippen MR) is 45.9 cm³/mol. The molecule has 0 saturated carbocycles. The van der Waals surface area contributed by atoms with Crippen molar-refractivity contribution in [2.24, 2.45) is 0 Å². The second-order valence-electron chi connectivity index (χ2n) is 2.23. The number of furan rings is 1. The quantitative estimate of drug-likeness (QED) is 0.783. The van der Waals surface area contributed by atoms with Crippen molar-refractivity contribution < 1.29 is 4.42 Å². The van der Waals surface area contributed by atoms with Gasteiger partial charge < -0.3 is 9.73 Å². The second kappa shape index (κ2) is 3.36. The standard InChI is InChI=1S/C7H7N3OS/c1-2-11-4-6(1)3-8-7-10-9-5-12-7/h1-2,4-5H,3H2,(H,8,10). The minimum atomic E-state index is 0.728. The summed E-state index contributed by atoms with van der Waals surface area (Å²) in [5.41, 5.74) is 2.79. The van der Waals surface area contributed by atoms with Gasteiger partial charge in [0.05, 0.1) is 12.5 Å². The topological polar surface area (TPSA) is 51.0 Å². The van der Waals surface area contributed by atoms with E-state index in [0.717, 1.165) is 17.2 Å². The molecule has 0 radical (unpaired) electrons. The summed E-state index contributed by atoms with van der Waals surface area (Å²) in [6, 6.07) is 1.91. The monoisotopic (exact) mass is 181 g/mol. The molecule has 0 atom stereocenters. The highest BCUT2D eigenvalue weighted by atomic mass is 32.1. The molecule has 12 heavy (non-hydrogen) atoms. The SMILES string of the molecule is c1cc(CNc2nncs2)co1. The summed E-state index contributed by atoms with van der Waals surface area (Å²) in [5, 5.41) is 11.5. The maximum absolute atomic E-state index is 4.91. The van der Waals surface area contributed by atoms with Crippen LogP contribution in [0.3, 0.4) is 0 Å². The first-order valence-electron chi connectivity index (χ1n) is 3.46. The fraction of sp³-hybridized carbons (Fsp3) is 0.143. The molecule has 0 aromatic carbocycles. The Morgan fingerprint density at radius 2 is 2.58 bits per heavy atom. The van der Waals surface area contributed by atoms with Crippen molar-refractivity contribution in [1.29, 1.82) is 0 Å². The van der Waals surface area contributed by atoms with Crippen LogP contribution in [0.1, 0.15) is 5.56 Å². The number of nitrogens with zero attached hydrogens (tertiary/aromatic N) is 2. The number of hydrogen-bond acceptors (Lipinski definition) is 5. The lowest BCUT2D eigenvalue weighted by atomic mass is 10.3. The second-order valence-corrected chi connectivity index (χ2v) is 3.06. The number of nitrogens with one attached hydrogen (secondary N) is 1. The van der Waals surface area contributed by atoms with Crippen LogP contribution in [0, 0.1) is 0 Å². The van der Waals surface area contributed by atoms with Crippen molar-refractivity contribution >= 4 is 16.5 Å². The van der Waals surface area contributed by atoms with Gasteiger partial charge in [-0.3, -0.25) is 0 Å². The highest BCUT2D eigenvalue weighted by molar-refractivity contribution is 7.13. The molecular weight excluding hydrogens is 174 g/mol. The maximum atomic E-state index is 4.91. The van der Waals surface area contributed by atoms with Crippen LogP contribution in [-0.2, 0) is 6.54 Å². The highest BCUT2D eigenvalue weighted by Gasteiger charge is 1.96. The first-order chi connectivity index (χ1) is 5.95. The van der Waals surface area contributed by atoms with Gasteiger partial charge in [-0.1, -0.05) is 11.3 Å². The summed E-state index contributed by atoms with van der Waals surface area (Å²) in [4.78, 5) is 0. The minimum Gasteiger partial charge on any atom is -0.472 e. The molecule has 1 N–H and O–H groups in total. The number of hydrogen-bond donors (Lipinski definition) is 1. The van der Waals surface area contributed by atoms with Crippen LogP contribution in [0.5, 0.6) is 0 Å². The van der Waals surface area contributed by atoms with Gasteiger partial charge in [-0.05, 0) is 6.07 Å². The molecule has 0 saturated heterocycles. The summed E-state index contributed by atoms with van der Waals surface area (Å²) < 4.78 is 4.91. The molecule has 2 heterocycles. The molecule has 4 nitrogen and oxygen atoms in total.